The third-order valence-corrected chi connectivity index (χ3v) is 19.6. The fourth-order valence-corrected chi connectivity index (χ4v) is 20.1. The summed E-state index contributed by atoms with van der Waals surface area (Å²) < 4.78 is 3.15. The van der Waals surface area contributed by atoms with Gasteiger partial charge < -0.3 is 4.23 Å². The Labute approximate surface area is 127 Å². The lowest BCUT2D eigenvalue weighted by Gasteiger charge is -2.45. The predicted molar refractivity (Wildman–Crippen MR) is 95.0 cm³/mol. The summed E-state index contributed by atoms with van der Waals surface area (Å²) in [5.41, 5.74) is 1.53. The lowest BCUT2D eigenvalue weighted by molar-refractivity contribution is 0.598. The molecule has 0 saturated carbocycles. The van der Waals surface area contributed by atoms with Crippen LogP contribution in [0.2, 0.25) is 36.3 Å². The zero-order chi connectivity index (χ0) is 14.6. The Balaban J connectivity index is 2.34. The first-order valence-electron chi connectivity index (χ1n) is 8.48. The van der Waals surface area contributed by atoms with E-state index < -0.39 is 16.5 Å². The van der Waals surface area contributed by atoms with Crippen LogP contribution in [-0.2, 0) is 6.54 Å². The van der Waals surface area contributed by atoms with Crippen LogP contribution in [0.3, 0.4) is 0 Å². The van der Waals surface area contributed by atoms with Crippen molar-refractivity contribution >= 4 is 16.5 Å². The third kappa shape index (κ3) is 2.68. The highest BCUT2D eigenvalue weighted by Gasteiger charge is 2.53. The summed E-state index contributed by atoms with van der Waals surface area (Å²) in [7, 11) is -2.35. The van der Waals surface area contributed by atoms with Crippen LogP contribution in [0.15, 0.2) is 30.3 Å². The number of hydrogen-bond donors (Lipinski definition) is 0. The topological polar surface area (TPSA) is 3.24 Å². The summed E-state index contributed by atoms with van der Waals surface area (Å²) in [4.78, 5) is 0. The van der Waals surface area contributed by atoms with Crippen LogP contribution in [0.5, 0.6) is 0 Å². The molecule has 2 rings (SSSR count). The molecule has 0 amide bonds. The molecule has 3 heteroatoms. The van der Waals surface area contributed by atoms with E-state index in [9.17, 15) is 0 Å². The SMILES string of the molecule is CC[Si]1(CC)CC[Si](CC)(CC)N1Cc1ccccc1. The summed E-state index contributed by atoms with van der Waals surface area (Å²) in [6, 6.07) is 20.1. The third-order valence-electron chi connectivity index (χ3n) is 6.02. The van der Waals surface area contributed by atoms with Crippen molar-refractivity contribution in [2.75, 3.05) is 0 Å². The van der Waals surface area contributed by atoms with Crippen molar-refractivity contribution < 1.29 is 0 Å². The molecule has 0 N–H and O–H groups in total. The largest absolute Gasteiger partial charge is 0.341 e. The van der Waals surface area contributed by atoms with Gasteiger partial charge in [-0.05, 0) is 41.8 Å². The van der Waals surface area contributed by atoms with Gasteiger partial charge in [0.2, 0.25) is 0 Å². The van der Waals surface area contributed by atoms with Gasteiger partial charge in [-0.25, -0.2) is 0 Å². The molecule has 1 aliphatic heterocycles. The average molecular weight is 306 g/mol. The molecule has 0 radical (unpaired) electrons. The van der Waals surface area contributed by atoms with Gasteiger partial charge in [0.25, 0.3) is 0 Å². The van der Waals surface area contributed by atoms with Crippen LogP contribution < -0.4 is 0 Å². The number of benzene rings is 1. The van der Waals surface area contributed by atoms with Crippen LogP contribution in [0.1, 0.15) is 33.3 Å². The highest BCUT2D eigenvalue weighted by Crippen LogP contribution is 2.45. The van der Waals surface area contributed by atoms with Crippen LogP contribution in [0.25, 0.3) is 0 Å². The summed E-state index contributed by atoms with van der Waals surface area (Å²) in [5, 5.41) is 0. The molecule has 0 bridgehead atoms. The van der Waals surface area contributed by atoms with Gasteiger partial charge in [0, 0.05) is 6.54 Å². The van der Waals surface area contributed by atoms with Crippen LogP contribution >= 0.6 is 0 Å². The van der Waals surface area contributed by atoms with Gasteiger partial charge in [-0.2, -0.15) is 0 Å². The van der Waals surface area contributed by atoms with Crippen molar-refractivity contribution in [2.45, 2.75) is 70.5 Å². The molecule has 0 spiro atoms. The molecular formula is C17H31NSi2. The van der Waals surface area contributed by atoms with E-state index in [1.165, 1.54) is 36.3 Å². The van der Waals surface area contributed by atoms with Crippen LogP contribution in [-0.4, -0.2) is 20.7 Å². The Bertz CT molecular complexity index is 390. The molecule has 0 aromatic heterocycles. The Morgan fingerprint density at radius 2 is 1.25 bits per heavy atom. The Hall–Kier alpha value is -0.386. The molecule has 1 heterocycles. The van der Waals surface area contributed by atoms with E-state index in [1.54, 1.807) is 12.1 Å². The van der Waals surface area contributed by atoms with Crippen LogP contribution in [0.4, 0.5) is 0 Å². The second-order valence-corrected chi connectivity index (χ2v) is 16.7. The molecule has 1 saturated heterocycles. The average Bonchev–Trinajstić information content (AvgIpc) is 2.83. The van der Waals surface area contributed by atoms with Crippen molar-refractivity contribution in [2.24, 2.45) is 0 Å². The Kier molecular flexibility index (Phi) is 5.27. The maximum absolute atomic E-state index is 3.15. The van der Waals surface area contributed by atoms with E-state index in [-0.39, 0.29) is 0 Å². The highest BCUT2D eigenvalue weighted by atomic mass is 28.4. The van der Waals surface area contributed by atoms with Gasteiger partial charge in [-0.15, -0.1) is 0 Å². The van der Waals surface area contributed by atoms with E-state index >= 15 is 0 Å². The normalized spacial score (nSPS) is 21.2. The molecule has 1 fully saturated rings. The summed E-state index contributed by atoms with van der Waals surface area (Å²) in [6.45, 7) is 11.1. The van der Waals surface area contributed by atoms with Gasteiger partial charge >= 0.3 is 0 Å². The van der Waals surface area contributed by atoms with Crippen molar-refractivity contribution in [1.82, 2.24) is 4.23 Å². The van der Waals surface area contributed by atoms with E-state index in [1.807, 2.05) is 0 Å². The summed E-state index contributed by atoms with van der Waals surface area (Å²) in [5.74, 6) is 0. The van der Waals surface area contributed by atoms with Crippen molar-refractivity contribution in [1.29, 1.82) is 0 Å². The molecule has 112 valence electrons. The summed E-state index contributed by atoms with van der Waals surface area (Å²) >= 11 is 0. The number of nitrogens with zero attached hydrogens (tertiary/aromatic N) is 1. The van der Waals surface area contributed by atoms with Gasteiger partial charge in [0.1, 0.15) is 16.5 Å². The first-order valence-corrected chi connectivity index (χ1v) is 13.6. The smallest absolute Gasteiger partial charge is 0.121 e. The maximum Gasteiger partial charge on any atom is 0.121 e. The van der Waals surface area contributed by atoms with Crippen molar-refractivity contribution in [3.05, 3.63) is 35.9 Å². The zero-order valence-corrected chi connectivity index (χ0v) is 15.8. The lowest BCUT2D eigenvalue weighted by atomic mass is 10.2. The molecule has 1 nitrogen and oxygen atoms in total. The quantitative estimate of drug-likeness (QED) is 0.630. The minimum atomic E-state index is -1.17. The second kappa shape index (κ2) is 6.58. The van der Waals surface area contributed by atoms with Crippen molar-refractivity contribution in [3.63, 3.8) is 0 Å². The molecule has 0 aliphatic carbocycles. The molecular weight excluding hydrogens is 274 g/mol. The Morgan fingerprint density at radius 1 is 0.800 bits per heavy atom. The lowest BCUT2D eigenvalue weighted by Crippen LogP contribution is -2.58. The standard InChI is InChI=1S/C17H31NSi2/c1-5-19(6-2)14-15-20(7-3,8-4)18(19)16-17-12-10-9-11-13-17/h9-13H,5-8,14-16H2,1-4H3. The molecule has 1 aromatic carbocycles. The fourth-order valence-electron chi connectivity index (χ4n) is 4.31. The number of hydrogen-bond acceptors (Lipinski definition) is 1. The van der Waals surface area contributed by atoms with E-state index in [4.69, 9.17) is 0 Å². The number of rotatable bonds is 6. The minimum absolute atomic E-state index is 1.17. The molecule has 1 aliphatic rings. The monoisotopic (exact) mass is 305 g/mol. The predicted octanol–water partition coefficient (Wildman–Crippen LogP) is 5.47. The zero-order valence-electron chi connectivity index (χ0n) is 13.8. The Morgan fingerprint density at radius 3 is 1.65 bits per heavy atom. The van der Waals surface area contributed by atoms with E-state index in [0.29, 0.717) is 0 Å². The van der Waals surface area contributed by atoms with E-state index in [0.717, 1.165) is 0 Å². The van der Waals surface area contributed by atoms with Crippen LogP contribution in [0, 0.1) is 0 Å². The van der Waals surface area contributed by atoms with Gasteiger partial charge in [-0.1, -0.05) is 58.0 Å². The maximum atomic E-state index is 3.15. The van der Waals surface area contributed by atoms with Crippen molar-refractivity contribution in [3.8, 4) is 0 Å². The molecule has 1 aromatic rings. The molecule has 0 atom stereocenters. The molecule has 0 unspecified atom stereocenters. The van der Waals surface area contributed by atoms with Gasteiger partial charge in [-0.3, -0.25) is 0 Å². The van der Waals surface area contributed by atoms with Gasteiger partial charge in [0.15, 0.2) is 0 Å². The van der Waals surface area contributed by atoms with E-state index in [2.05, 4.69) is 62.3 Å². The second-order valence-electron chi connectivity index (χ2n) is 6.43. The van der Waals surface area contributed by atoms with Gasteiger partial charge in [0.05, 0.1) is 0 Å². The minimum Gasteiger partial charge on any atom is -0.341 e. The first-order chi connectivity index (χ1) is 9.66. The first kappa shape index (κ1) is 16.0. The highest BCUT2D eigenvalue weighted by molar-refractivity contribution is 6.97. The molecule has 20 heavy (non-hydrogen) atoms. The fraction of sp³-hybridized carbons (Fsp3) is 0.647. The summed E-state index contributed by atoms with van der Waals surface area (Å²) in [6.07, 6.45) is 0.